The SMILES string of the molecule is Fc1ccc(CN(Cc2ccccc2)C(=Nc2ccc(Br)cc2)SCc2ccccc2)cc1. The molecule has 0 aliphatic carbocycles. The van der Waals surface area contributed by atoms with Gasteiger partial charge in [0, 0.05) is 23.3 Å². The fraction of sp³-hybridized carbons (Fsp3) is 0.107. The number of aliphatic imine (C=N–C) groups is 1. The summed E-state index contributed by atoms with van der Waals surface area (Å²) in [4.78, 5) is 7.30. The lowest BCUT2D eigenvalue weighted by atomic mass is 10.2. The van der Waals surface area contributed by atoms with Gasteiger partial charge in [0.1, 0.15) is 5.82 Å². The van der Waals surface area contributed by atoms with E-state index in [4.69, 9.17) is 4.99 Å². The smallest absolute Gasteiger partial charge is 0.165 e. The van der Waals surface area contributed by atoms with Crippen molar-refractivity contribution in [1.29, 1.82) is 0 Å². The molecule has 5 heteroatoms. The average Bonchev–Trinajstić information content (AvgIpc) is 2.85. The zero-order valence-electron chi connectivity index (χ0n) is 18.1. The maximum absolute atomic E-state index is 13.5. The fourth-order valence-electron chi connectivity index (χ4n) is 3.35. The molecule has 2 nitrogen and oxygen atoms in total. The molecule has 4 aromatic rings. The van der Waals surface area contributed by atoms with Crippen LogP contribution >= 0.6 is 27.7 Å². The highest BCUT2D eigenvalue weighted by Crippen LogP contribution is 2.25. The molecule has 0 saturated carbocycles. The fourth-order valence-corrected chi connectivity index (χ4v) is 4.58. The third kappa shape index (κ3) is 7.31. The van der Waals surface area contributed by atoms with Crippen LogP contribution in [0.2, 0.25) is 0 Å². The number of benzene rings is 4. The van der Waals surface area contributed by atoms with Crippen LogP contribution in [0.15, 0.2) is 119 Å². The van der Waals surface area contributed by atoms with Gasteiger partial charge in [-0.25, -0.2) is 9.38 Å². The van der Waals surface area contributed by atoms with Crippen LogP contribution in [0.1, 0.15) is 16.7 Å². The highest BCUT2D eigenvalue weighted by molar-refractivity contribution is 9.10. The Bertz CT molecular complexity index is 1160. The van der Waals surface area contributed by atoms with Gasteiger partial charge in [0.2, 0.25) is 0 Å². The van der Waals surface area contributed by atoms with E-state index in [-0.39, 0.29) is 5.82 Å². The summed E-state index contributed by atoms with van der Waals surface area (Å²) in [5, 5.41) is 0.925. The second-order valence-electron chi connectivity index (χ2n) is 7.61. The molecule has 0 N–H and O–H groups in total. The number of amidine groups is 1. The highest BCUT2D eigenvalue weighted by atomic mass is 79.9. The van der Waals surface area contributed by atoms with Crippen LogP contribution in [0.25, 0.3) is 0 Å². The minimum Gasteiger partial charge on any atom is -0.343 e. The Morgan fingerprint density at radius 2 is 1.24 bits per heavy atom. The van der Waals surface area contributed by atoms with E-state index in [2.05, 4.69) is 57.2 Å². The molecule has 0 bridgehead atoms. The Morgan fingerprint density at radius 3 is 1.85 bits per heavy atom. The van der Waals surface area contributed by atoms with Gasteiger partial charge in [0.15, 0.2) is 5.17 Å². The molecule has 0 spiro atoms. The van der Waals surface area contributed by atoms with E-state index in [1.165, 1.54) is 23.3 Å². The Hall–Kier alpha value is -2.89. The molecule has 4 rings (SSSR count). The normalized spacial score (nSPS) is 11.4. The molecule has 0 atom stereocenters. The van der Waals surface area contributed by atoms with E-state index < -0.39 is 0 Å². The molecule has 166 valence electrons. The molecule has 4 aromatic carbocycles. The van der Waals surface area contributed by atoms with Crippen molar-refractivity contribution in [3.63, 3.8) is 0 Å². The van der Waals surface area contributed by atoms with Crippen molar-refractivity contribution in [1.82, 2.24) is 4.90 Å². The number of thioether (sulfide) groups is 1. The molecule has 0 heterocycles. The van der Waals surface area contributed by atoms with Crippen molar-refractivity contribution in [2.45, 2.75) is 18.8 Å². The number of hydrogen-bond acceptors (Lipinski definition) is 2. The van der Waals surface area contributed by atoms with Gasteiger partial charge >= 0.3 is 0 Å². The molecule has 33 heavy (non-hydrogen) atoms. The molecule has 0 unspecified atom stereocenters. The Balaban J connectivity index is 1.67. The van der Waals surface area contributed by atoms with E-state index in [0.29, 0.717) is 13.1 Å². The van der Waals surface area contributed by atoms with Crippen molar-refractivity contribution >= 4 is 38.5 Å². The molecule has 0 aliphatic heterocycles. The number of rotatable bonds is 7. The van der Waals surface area contributed by atoms with E-state index in [0.717, 1.165) is 26.6 Å². The third-order valence-electron chi connectivity index (χ3n) is 5.04. The quantitative estimate of drug-likeness (QED) is 0.181. The first kappa shape index (κ1) is 23.3. The molecule has 0 radical (unpaired) electrons. The molecule has 0 aliphatic rings. The van der Waals surface area contributed by atoms with Crippen LogP contribution in [-0.4, -0.2) is 10.1 Å². The van der Waals surface area contributed by atoms with Crippen LogP contribution in [0, 0.1) is 5.82 Å². The average molecular weight is 519 g/mol. The number of hydrogen-bond donors (Lipinski definition) is 0. The topological polar surface area (TPSA) is 15.6 Å². The van der Waals surface area contributed by atoms with Gasteiger partial charge in [-0.15, -0.1) is 0 Å². The summed E-state index contributed by atoms with van der Waals surface area (Å²) in [7, 11) is 0. The lowest BCUT2D eigenvalue weighted by molar-refractivity contribution is 0.414. The summed E-state index contributed by atoms with van der Waals surface area (Å²) < 4.78 is 14.5. The van der Waals surface area contributed by atoms with Crippen LogP contribution in [0.5, 0.6) is 0 Å². The predicted molar refractivity (Wildman–Crippen MR) is 141 cm³/mol. The zero-order chi connectivity index (χ0) is 22.9. The van der Waals surface area contributed by atoms with Gasteiger partial charge in [0.05, 0.1) is 5.69 Å². The molecular formula is C28H24BrFN2S. The Morgan fingerprint density at radius 1 is 0.697 bits per heavy atom. The number of nitrogens with zero attached hydrogens (tertiary/aromatic N) is 2. The van der Waals surface area contributed by atoms with Gasteiger partial charge in [0.25, 0.3) is 0 Å². The minimum atomic E-state index is -0.226. The first-order chi connectivity index (χ1) is 16.2. The van der Waals surface area contributed by atoms with Crippen LogP contribution in [-0.2, 0) is 18.8 Å². The van der Waals surface area contributed by atoms with Gasteiger partial charge in [-0.1, -0.05) is 100 Å². The Labute approximate surface area is 207 Å². The van der Waals surface area contributed by atoms with Crippen molar-refractivity contribution < 1.29 is 4.39 Å². The van der Waals surface area contributed by atoms with Gasteiger partial charge in [-0.3, -0.25) is 0 Å². The maximum Gasteiger partial charge on any atom is 0.165 e. The number of halogens is 2. The van der Waals surface area contributed by atoms with Gasteiger partial charge in [-0.2, -0.15) is 0 Å². The maximum atomic E-state index is 13.5. The minimum absolute atomic E-state index is 0.226. The largest absolute Gasteiger partial charge is 0.343 e. The van der Waals surface area contributed by atoms with Crippen LogP contribution < -0.4 is 0 Å². The van der Waals surface area contributed by atoms with Crippen LogP contribution in [0.4, 0.5) is 10.1 Å². The van der Waals surface area contributed by atoms with Crippen molar-refractivity contribution in [3.8, 4) is 0 Å². The summed E-state index contributed by atoms with van der Waals surface area (Å²) in [6, 6.07) is 35.5. The summed E-state index contributed by atoms with van der Waals surface area (Å²) in [5.41, 5.74) is 4.37. The highest BCUT2D eigenvalue weighted by Gasteiger charge is 2.15. The first-order valence-corrected chi connectivity index (χ1v) is 12.5. The van der Waals surface area contributed by atoms with Crippen molar-refractivity contribution in [2.75, 3.05) is 0 Å². The van der Waals surface area contributed by atoms with E-state index >= 15 is 0 Å². The second kappa shape index (κ2) is 11.8. The molecule has 0 aromatic heterocycles. The molecule has 0 amide bonds. The lowest BCUT2D eigenvalue weighted by Gasteiger charge is -2.26. The Kier molecular flexibility index (Phi) is 8.34. The predicted octanol–water partition coefficient (Wildman–Crippen LogP) is 8.21. The van der Waals surface area contributed by atoms with Crippen molar-refractivity contribution in [2.24, 2.45) is 4.99 Å². The van der Waals surface area contributed by atoms with Crippen LogP contribution in [0.3, 0.4) is 0 Å². The van der Waals surface area contributed by atoms with E-state index in [1.807, 2.05) is 60.7 Å². The van der Waals surface area contributed by atoms with E-state index in [1.54, 1.807) is 11.8 Å². The van der Waals surface area contributed by atoms with Gasteiger partial charge in [-0.05, 0) is 53.1 Å². The summed E-state index contributed by atoms with van der Waals surface area (Å²) in [6.45, 7) is 1.34. The monoisotopic (exact) mass is 518 g/mol. The standard InChI is InChI=1S/C28H24BrFN2S/c29-25-13-17-27(18-14-25)31-28(33-21-24-9-5-2-6-10-24)32(19-22-7-3-1-4-8-22)20-23-11-15-26(30)16-12-23/h1-18H,19-21H2. The summed E-state index contributed by atoms with van der Waals surface area (Å²) >= 11 is 5.22. The lowest BCUT2D eigenvalue weighted by Crippen LogP contribution is -2.28. The second-order valence-corrected chi connectivity index (χ2v) is 9.47. The summed E-state index contributed by atoms with van der Waals surface area (Å²) in [6.07, 6.45) is 0. The van der Waals surface area contributed by atoms with E-state index in [9.17, 15) is 4.39 Å². The molecule has 0 fully saturated rings. The molecular weight excluding hydrogens is 495 g/mol. The summed E-state index contributed by atoms with van der Waals surface area (Å²) in [5.74, 6) is 0.584. The van der Waals surface area contributed by atoms with Crippen molar-refractivity contribution in [3.05, 3.63) is 136 Å². The first-order valence-electron chi connectivity index (χ1n) is 10.7. The van der Waals surface area contributed by atoms with Gasteiger partial charge < -0.3 is 4.90 Å². The third-order valence-corrected chi connectivity index (χ3v) is 6.65. The zero-order valence-corrected chi connectivity index (χ0v) is 20.5. The molecule has 0 saturated heterocycles.